The van der Waals surface area contributed by atoms with Crippen LogP contribution in [0.25, 0.3) is 0 Å². The van der Waals surface area contributed by atoms with Crippen LogP contribution in [-0.4, -0.2) is 18.1 Å². The monoisotopic (exact) mass is 285 g/mol. The quantitative estimate of drug-likeness (QED) is 0.907. The molecule has 110 valence electrons. The van der Waals surface area contributed by atoms with Crippen molar-refractivity contribution in [3.8, 4) is 5.75 Å². The van der Waals surface area contributed by atoms with Crippen LogP contribution in [-0.2, 0) is 6.61 Å². The minimum atomic E-state index is -0.162. The van der Waals surface area contributed by atoms with Crippen LogP contribution in [0.3, 0.4) is 0 Å². The van der Waals surface area contributed by atoms with Crippen molar-refractivity contribution in [2.24, 2.45) is 0 Å². The summed E-state index contributed by atoms with van der Waals surface area (Å²) in [5, 5.41) is 12.2. The van der Waals surface area contributed by atoms with E-state index < -0.39 is 0 Å². The maximum atomic E-state index is 12.3. The van der Waals surface area contributed by atoms with Crippen LogP contribution in [0.15, 0.2) is 36.4 Å². The largest absolute Gasteiger partial charge is 0.496 e. The van der Waals surface area contributed by atoms with Gasteiger partial charge in [0.05, 0.1) is 13.7 Å². The van der Waals surface area contributed by atoms with Crippen LogP contribution in [0.1, 0.15) is 27.0 Å². The van der Waals surface area contributed by atoms with Crippen molar-refractivity contribution in [1.82, 2.24) is 0 Å². The van der Waals surface area contributed by atoms with E-state index in [1.807, 2.05) is 32.0 Å². The zero-order valence-electron chi connectivity index (χ0n) is 12.4. The second-order valence-corrected chi connectivity index (χ2v) is 4.96. The third-order valence-corrected chi connectivity index (χ3v) is 3.35. The Labute approximate surface area is 124 Å². The van der Waals surface area contributed by atoms with Gasteiger partial charge in [0.25, 0.3) is 5.91 Å². The molecule has 0 aliphatic rings. The maximum absolute atomic E-state index is 12.3. The first kappa shape index (κ1) is 15.1. The third-order valence-electron chi connectivity index (χ3n) is 3.35. The number of aryl methyl sites for hydroxylation is 2. The number of hydrogen-bond acceptors (Lipinski definition) is 3. The summed E-state index contributed by atoms with van der Waals surface area (Å²) in [7, 11) is 1.54. The molecule has 2 aromatic rings. The topological polar surface area (TPSA) is 58.6 Å². The van der Waals surface area contributed by atoms with Gasteiger partial charge in [0.1, 0.15) is 5.75 Å². The predicted molar refractivity (Wildman–Crippen MR) is 82.8 cm³/mol. The van der Waals surface area contributed by atoms with Gasteiger partial charge >= 0.3 is 0 Å². The fraction of sp³-hybridized carbons (Fsp3) is 0.235. The van der Waals surface area contributed by atoms with Gasteiger partial charge < -0.3 is 15.2 Å². The van der Waals surface area contributed by atoms with Gasteiger partial charge in [0.15, 0.2) is 0 Å². The van der Waals surface area contributed by atoms with Crippen molar-refractivity contribution >= 4 is 11.6 Å². The van der Waals surface area contributed by atoms with Crippen LogP contribution >= 0.6 is 0 Å². The molecule has 0 spiro atoms. The Kier molecular flexibility index (Phi) is 4.60. The first-order chi connectivity index (χ1) is 10.0. The molecule has 2 rings (SSSR count). The molecular weight excluding hydrogens is 266 g/mol. The van der Waals surface area contributed by atoms with Gasteiger partial charge in [-0.05, 0) is 43.7 Å². The lowest BCUT2D eigenvalue weighted by Gasteiger charge is -2.11. The van der Waals surface area contributed by atoms with E-state index in [4.69, 9.17) is 4.74 Å². The van der Waals surface area contributed by atoms with Crippen LogP contribution < -0.4 is 10.1 Å². The van der Waals surface area contributed by atoms with E-state index in [0.717, 1.165) is 11.1 Å². The van der Waals surface area contributed by atoms with E-state index in [0.29, 0.717) is 22.6 Å². The fourth-order valence-electron chi connectivity index (χ4n) is 2.16. The third kappa shape index (κ3) is 3.41. The van der Waals surface area contributed by atoms with Gasteiger partial charge in [-0.2, -0.15) is 0 Å². The average Bonchev–Trinajstić information content (AvgIpc) is 2.49. The number of nitrogens with one attached hydrogen (secondary N) is 1. The Morgan fingerprint density at radius 1 is 1.19 bits per heavy atom. The van der Waals surface area contributed by atoms with Crippen molar-refractivity contribution in [3.63, 3.8) is 0 Å². The second-order valence-electron chi connectivity index (χ2n) is 4.96. The summed E-state index contributed by atoms with van der Waals surface area (Å²) in [6.07, 6.45) is 0. The molecule has 0 fully saturated rings. The summed E-state index contributed by atoms with van der Waals surface area (Å²) in [6, 6.07) is 11.0. The smallest absolute Gasteiger partial charge is 0.255 e. The molecule has 0 aliphatic carbocycles. The number of benzene rings is 2. The first-order valence-corrected chi connectivity index (χ1v) is 6.71. The normalized spacial score (nSPS) is 10.3. The Morgan fingerprint density at radius 2 is 1.95 bits per heavy atom. The van der Waals surface area contributed by atoms with Crippen molar-refractivity contribution in [3.05, 3.63) is 58.7 Å². The Hall–Kier alpha value is -2.33. The predicted octanol–water partition coefficient (Wildman–Crippen LogP) is 3.06. The van der Waals surface area contributed by atoms with E-state index in [1.165, 1.54) is 0 Å². The fourth-order valence-corrected chi connectivity index (χ4v) is 2.16. The van der Waals surface area contributed by atoms with Crippen LogP contribution in [0.2, 0.25) is 0 Å². The number of carbonyl (C=O) groups is 1. The molecule has 0 aromatic heterocycles. The molecule has 4 heteroatoms. The number of aliphatic hydroxyl groups excluding tert-OH is 1. The van der Waals surface area contributed by atoms with Gasteiger partial charge in [-0.15, -0.1) is 0 Å². The Balaban J connectivity index is 2.25. The van der Waals surface area contributed by atoms with Crippen LogP contribution in [0.5, 0.6) is 5.75 Å². The molecule has 4 nitrogen and oxygen atoms in total. The lowest BCUT2D eigenvalue weighted by molar-refractivity contribution is 0.102. The molecule has 0 unspecified atom stereocenters. The summed E-state index contributed by atoms with van der Waals surface area (Å²) >= 11 is 0. The van der Waals surface area contributed by atoms with E-state index in [-0.39, 0.29) is 12.5 Å². The van der Waals surface area contributed by atoms with Crippen molar-refractivity contribution < 1.29 is 14.6 Å². The Morgan fingerprint density at radius 3 is 2.62 bits per heavy atom. The molecule has 0 atom stereocenters. The molecule has 0 heterocycles. The zero-order valence-corrected chi connectivity index (χ0v) is 12.4. The number of aliphatic hydroxyl groups is 1. The molecule has 21 heavy (non-hydrogen) atoms. The van der Waals surface area contributed by atoms with E-state index in [2.05, 4.69) is 5.32 Å². The standard InChI is InChI=1S/C17H19NO3/c1-11-4-5-12(2)15(8-11)17(20)18-14-6-7-16(21-3)13(9-14)10-19/h4-9,19H,10H2,1-3H3,(H,18,20). The number of ether oxygens (including phenoxy) is 1. The van der Waals surface area contributed by atoms with E-state index in [1.54, 1.807) is 25.3 Å². The molecule has 2 N–H and O–H groups in total. The number of anilines is 1. The molecule has 0 saturated carbocycles. The number of methoxy groups -OCH3 is 1. The first-order valence-electron chi connectivity index (χ1n) is 6.71. The molecule has 1 amide bonds. The highest BCUT2D eigenvalue weighted by atomic mass is 16.5. The average molecular weight is 285 g/mol. The summed E-state index contributed by atoms with van der Waals surface area (Å²) in [5.74, 6) is 0.437. The van der Waals surface area contributed by atoms with Gasteiger partial charge in [0, 0.05) is 16.8 Å². The van der Waals surface area contributed by atoms with E-state index in [9.17, 15) is 9.90 Å². The number of hydrogen-bond donors (Lipinski definition) is 2. The van der Waals surface area contributed by atoms with Crippen molar-refractivity contribution in [2.45, 2.75) is 20.5 Å². The van der Waals surface area contributed by atoms with Crippen molar-refractivity contribution in [1.29, 1.82) is 0 Å². The van der Waals surface area contributed by atoms with E-state index >= 15 is 0 Å². The van der Waals surface area contributed by atoms with Crippen molar-refractivity contribution in [2.75, 3.05) is 12.4 Å². The second kappa shape index (κ2) is 6.41. The van der Waals surface area contributed by atoms with Crippen LogP contribution in [0.4, 0.5) is 5.69 Å². The molecule has 0 bridgehead atoms. The number of carbonyl (C=O) groups excluding carboxylic acids is 1. The summed E-state index contributed by atoms with van der Waals surface area (Å²) in [6.45, 7) is 3.71. The summed E-state index contributed by atoms with van der Waals surface area (Å²) < 4.78 is 5.14. The molecule has 0 saturated heterocycles. The Bertz CT molecular complexity index is 665. The van der Waals surface area contributed by atoms with Gasteiger partial charge in [-0.1, -0.05) is 17.7 Å². The van der Waals surface area contributed by atoms with Gasteiger partial charge in [0.2, 0.25) is 0 Å². The lowest BCUT2D eigenvalue weighted by Crippen LogP contribution is -2.13. The number of rotatable bonds is 4. The van der Waals surface area contributed by atoms with Gasteiger partial charge in [-0.25, -0.2) is 0 Å². The molecule has 0 radical (unpaired) electrons. The zero-order chi connectivity index (χ0) is 15.4. The number of amides is 1. The lowest BCUT2D eigenvalue weighted by atomic mass is 10.0. The highest BCUT2D eigenvalue weighted by Gasteiger charge is 2.11. The summed E-state index contributed by atoms with van der Waals surface area (Å²) in [5.41, 5.74) is 3.88. The highest BCUT2D eigenvalue weighted by molar-refractivity contribution is 6.05. The maximum Gasteiger partial charge on any atom is 0.255 e. The minimum Gasteiger partial charge on any atom is -0.496 e. The highest BCUT2D eigenvalue weighted by Crippen LogP contribution is 2.23. The molecule has 2 aromatic carbocycles. The van der Waals surface area contributed by atoms with Gasteiger partial charge in [-0.3, -0.25) is 4.79 Å². The summed E-state index contributed by atoms with van der Waals surface area (Å²) in [4.78, 5) is 12.3. The minimum absolute atomic E-state index is 0.143. The SMILES string of the molecule is COc1ccc(NC(=O)c2cc(C)ccc2C)cc1CO. The molecular formula is C17H19NO3. The van der Waals surface area contributed by atoms with Crippen LogP contribution in [0, 0.1) is 13.8 Å². The molecule has 0 aliphatic heterocycles.